The molecule has 0 unspecified atom stereocenters. The van der Waals surface area contributed by atoms with Crippen molar-refractivity contribution in [3.63, 3.8) is 0 Å². The van der Waals surface area contributed by atoms with E-state index in [1.54, 1.807) is 6.07 Å². The number of hydrogen-bond acceptors (Lipinski definition) is 2. The van der Waals surface area contributed by atoms with Gasteiger partial charge in [-0.15, -0.1) is 0 Å². The van der Waals surface area contributed by atoms with Crippen LogP contribution in [-0.2, 0) is 0 Å². The Morgan fingerprint density at radius 1 is 0.786 bits per heavy atom. The topological polar surface area (TPSA) is 21.3 Å². The molecule has 0 radical (unpaired) electrons. The average molecular weight is 406 g/mol. The number of rotatable bonds is 2. The Morgan fingerprint density at radius 2 is 1.57 bits per heavy atom. The highest BCUT2D eigenvalue weighted by Crippen LogP contribution is 2.43. The zero-order valence-electron chi connectivity index (χ0n) is 14.9. The molecule has 1 aliphatic heterocycles. The minimum Gasteiger partial charge on any atom is -0.471 e. The van der Waals surface area contributed by atoms with E-state index in [-0.39, 0.29) is 12.3 Å². The summed E-state index contributed by atoms with van der Waals surface area (Å²) in [5.41, 5.74) is 3.19. The van der Waals surface area contributed by atoms with E-state index in [1.807, 2.05) is 24.3 Å². The molecule has 0 saturated heterocycles. The Morgan fingerprint density at radius 3 is 2.39 bits per heavy atom. The van der Waals surface area contributed by atoms with Crippen molar-refractivity contribution < 1.29 is 4.74 Å². The third kappa shape index (κ3) is 3.04. The number of nitrogens with one attached hydrogen (secondary N) is 1. The van der Waals surface area contributed by atoms with E-state index in [4.69, 9.17) is 27.9 Å². The maximum atomic E-state index is 6.47. The first-order chi connectivity index (χ1) is 13.7. The summed E-state index contributed by atoms with van der Waals surface area (Å²) in [4.78, 5) is 0. The van der Waals surface area contributed by atoms with Gasteiger partial charge in [0.1, 0.15) is 5.75 Å². The SMILES string of the molecule is Clc1ccc([C@H]2N[C@@H](c3ccccc3)c3c(ccc4ccccc34)O2)c(Cl)c1. The molecule has 0 amide bonds. The summed E-state index contributed by atoms with van der Waals surface area (Å²) < 4.78 is 6.36. The summed E-state index contributed by atoms with van der Waals surface area (Å²) in [6.45, 7) is 0. The fourth-order valence-corrected chi connectivity index (χ4v) is 4.36. The number of fused-ring (bicyclic) bond motifs is 3. The second-order valence-corrected chi connectivity index (χ2v) is 7.72. The van der Waals surface area contributed by atoms with Crippen LogP contribution in [0.3, 0.4) is 0 Å². The van der Waals surface area contributed by atoms with Crippen LogP contribution in [-0.4, -0.2) is 0 Å². The van der Waals surface area contributed by atoms with Crippen LogP contribution in [0.5, 0.6) is 5.75 Å². The number of halogens is 2. The van der Waals surface area contributed by atoms with Gasteiger partial charge in [-0.25, -0.2) is 0 Å². The lowest BCUT2D eigenvalue weighted by atomic mass is 9.91. The minimum absolute atomic E-state index is 0.0206. The first kappa shape index (κ1) is 17.6. The monoisotopic (exact) mass is 405 g/mol. The van der Waals surface area contributed by atoms with E-state index in [9.17, 15) is 0 Å². The Balaban J connectivity index is 1.69. The lowest BCUT2D eigenvalue weighted by molar-refractivity contribution is 0.134. The van der Waals surface area contributed by atoms with E-state index >= 15 is 0 Å². The van der Waals surface area contributed by atoms with Gasteiger partial charge in [0.05, 0.1) is 11.1 Å². The Labute approximate surface area is 173 Å². The highest BCUT2D eigenvalue weighted by molar-refractivity contribution is 6.35. The molecule has 0 spiro atoms. The van der Waals surface area contributed by atoms with Gasteiger partial charge in [-0.2, -0.15) is 0 Å². The van der Waals surface area contributed by atoms with Crippen molar-refractivity contribution >= 4 is 34.0 Å². The molecule has 138 valence electrons. The van der Waals surface area contributed by atoms with Gasteiger partial charge in [0.25, 0.3) is 0 Å². The van der Waals surface area contributed by atoms with Crippen molar-refractivity contribution in [3.05, 3.63) is 112 Å². The fraction of sp³-hybridized carbons (Fsp3) is 0.0833. The molecule has 4 aromatic carbocycles. The molecule has 0 aliphatic carbocycles. The first-order valence-electron chi connectivity index (χ1n) is 9.15. The normalized spacial score (nSPS) is 18.5. The highest BCUT2D eigenvalue weighted by atomic mass is 35.5. The summed E-state index contributed by atoms with van der Waals surface area (Å²) in [6.07, 6.45) is -0.372. The van der Waals surface area contributed by atoms with Gasteiger partial charge >= 0.3 is 0 Å². The maximum absolute atomic E-state index is 6.47. The zero-order chi connectivity index (χ0) is 19.1. The molecule has 2 nitrogen and oxygen atoms in total. The van der Waals surface area contributed by atoms with Crippen molar-refractivity contribution in [3.8, 4) is 5.75 Å². The van der Waals surface area contributed by atoms with Crippen LogP contribution >= 0.6 is 23.2 Å². The van der Waals surface area contributed by atoms with Gasteiger partial charge in [-0.3, -0.25) is 5.32 Å². The van der Waals surface area contributed by atoms with Crippen LogP contribution in [0.15, 0.2) is 84.9 Å². The molecule has 2 atom stereocenters. The molecule has 28 heavy (non-hydrogen) atoms. The zero-order valence-corrected chi connectivity index (χ0v) is 16.4. The fourth-order valence-electron chi connectivity index (χ4n) is 3.85. The maximum Gasteiger partial charge on any atom is 0.178 e. The summed E-state index contributed by atoms with van der Waals surface area (Å²) in [5, 5.41) is 7.21. The van der Waals surface area contributed by atoms with E-state index < -0.39 is 0 Å². The van der Waals surface area contributed by atoms with Crippen LogP contribution < -0.4 is 10.1 Å². The molecule has 1 aliphatic rings. The average Bonchev–Trinajstić information content (AvgIpc) is 2.73. The predicted molar refractivity (Wildman–Crippen MR) is 115 cm³/mol. The molecular formula is C24H17Cl2NO. The van der Waals surface area contributed by atoms with Gasteiger partial charge in [-0.05, 0) is 34.5 Å². The highest BCUT2D eigenvalue weighted by Gasteiger charge is 2.32. The van der Waals surface area contributed by atoms with Crippen LogP contribution in [0.25, 0.3) is 10.8 Å². The van der Waals surface area contributed by atoms with Gasteiger partial charge in [0, 0.05) is 16.1 Å². The van der Waals surface area contributed by atoms with Gasteiger partial charge < -0.3 is 4.74 Å². The molecule has 0 aromatic heterocycles. The summed E-state index contributed by atoms with van der Waals surface area (Å²) >= 11 is 12.6. The van der Waals surface area contributed by atoms with E-state index in [0.29, 0.717) is 10.0 Å². The quantitative estimate of drug-likeness (QED) is 0.390. The molecule has 1 heterocycles. The van der Waals surface area contributed by atoms with Crippen LogP contribution in [0.2, 0.25) is 10.0 Å². The third-order valence-electron chi connectivity index (χ3n) is 5.16. The Bertz CT molecular complexity index is 1160. The molecule has 1 N–H and O–H groups in total. The number of hydrogen-bond donors (Lipinski definition) is 1. The minimum atomic E-state index is -0.372. The van der Waals surface area contributed by atoms with Crippen molar-refractivity contribution in [1.29, 1.82) is 0 Å². The largest absolute Gasteiger partial charge is 0.471 e. The van der Waals surface area contributed by atoms with Crippen molar-refractivity contribution in [2.24, 2.45) is 0 Å². The Hall–Kier alpha value is -2.52. The van der Waals surface area contributed by atoms with Crippen molar-refractivity contribution in [2.45, 2.75) is 12.3 Å². The molecule has 0 fully saturated rings. The summed E-state index contributed by atoms with van der Waals surface area (Å²) in [6, 6.07) is 28.4. The van der Waals surface area contributed by atoms with Gasteiger partial charge in [-0.1, -0.05) is 89.9 Å². The van der Waals surface area contributed by atoms with Crippen molar-refractivity contribution in [2.75, 3.05) is 0 Å². The standard InChI is InChI=1S/C24H17Cl2NO/c25-17-11-12-19(20(26)14-17)24-27-23(16-7-2-1-3-8-16)22-18-9-5-4-6-15(18)10-13-21(22)28-24/h1-14,23-24,27H/t23-,24-/m0/s1. The lowest BCUT2D eigenvalue weighted by Gasteiger charge is -2.35. The molecule has 0 saturated carbocycles. The number of ether oxygens (including phenoxy) is 1. The van der Waals surface area contributed by atoms with Crippen LogP contribution in [0.4, 0.5) is 0 Å². The second-order valence-electron chi connectivity index (χ2n) is 6.87. The van der Waals surface area contributed by atoms with Gasteiger partial charge in [0.2, 0.25) is 0 Å². The smallest absolute Gasteiger partial charge is 0.178 e. The first-order valence-corrected chi connectivity index (χ1v) is 9.90. The van der Waals surface area contributed by atoms with Crippen LogP contribution in [0, 0.1) is 0 Å². The van der Waals surface area contributed by atoms with Crippen LogP contribution in [0.1, 0.15) is 29.0 Å². The predicted octanol–water partition coefficient (Wildman–Crippen LogP) is 6.92. The molecule has 4 heteroatoms. The lowest BCUT2D eigenvalue weighted by Crippen LogP contribution is -2.35. The second kappa shape index (κ2) is 7.14. The Kier molecular flexibility index (Phi) is 4.48. The summed E-state index contributed by atoms with van der Waals surface area (Å²) in [5.74, 6) is 0.863. The molecule has 4 aromatic rings. The molecule has 5 rings (SSSR count). The van der Waals surface area contributed by atoms with Gasteiger partial charge in [0.15, 0.2) is 6.23 Å². The third-order valence-corrected chi connectivity index (χ3v) is 5.72. The number of benzene rings is 4. The van der Waals surface area contributed by atoms with Crippen molar-refractivity contribution in [1.82, 2.24) is 5.32 Å². The van der Waals surface area contributed by atoms with E-state index in [2.05, 4.69) is 59.9 Å². The van der Waals surface area contributed by atoms with E-state index in [1.165, 1.54) is 16.3 Å². The molecular weight excluding hydrogens is 389 g/mol. The summed E-state index contributed by atoms with van der Waals surface area (Å²) in [7, 11) is 0. The van der Waals surface area contributed by atoms with E-state index in [0.717, 1.165) is 16.9 Å². The molecule has 0 bridgehead atoms.